The molecular weight excluding hydrogens is 451 g/mol. The Morgan fingerprint density at radius 1 is 1.18 bits per heavy atom. The van der Waals surface area contributed by atoms with Crippen LogP contribution >= 0.6 is 0 Å². The van der Waals surface area contributed by atoms with Crippen LogP contribution in [0.2, 0.25) is 0 Å². The maximum atomic E-state index is 13.4. The van der Waals surface area contributed by atoms with Crippen molar-refractivity contribution in [2.45, 2.75) is 62.3 Å². The molecule has 2 N–H and O–H groups in total. The van der Waals surface area contributed by atoms with Crippen molar-refractivity contribution in [2.75, 3.05) is 10.6 Å². The first-order valence-corrected chi connectivity index (χ1v) is 13.4. The smallest absolute Gasteiger partial charge is 0.232 e. The molecule has 1 atom stereocenters. The highest BCUT2D eigenvalue weighted by Crippen LogP contribution is 2.48. The second-order valence-corrected chi connectivity index (χ2v) is 11.5. The average molecular weight is 483 g/mol. The van der Waals surface area contributed by atoms with E-state index >= 15 is 0 Å². The van der Waals surface area contributed by atoms with Crippen LogP contribution in [0.3, 0.4) is 0 Å². The molecule has 0 spiro atoms. The molecule has 2 aromatic rings. The molecule has 2 aromatic carbocycles. The predicted octanol–water partition coefficient (Wildman–Crippen LogP) is 4.09. The number of fused-ring (bicyclic) bond motifs is 2. The van der Waals surface area contributed by atoms with Gasteiger partial charge in [-0.2, -0.15) is 4.39 Å². The van der Waals surface area contributed by atoms with Crippen LogP contribution in [0.5, 0.6) is 0 Å². The number of nitrogens with zero attached hydrogens (tertiary/aromatic N) is 1. The molecule has 0 amide bonds. The fraction of sp³-hybridized carbons (Fsp3) is 0.407. The topological polar surface area (TPSA) is 69.6 Å². The molecule has 0 aromatic heterocycles. The van der Waals surface area contributed by atoms with Crippen molar-refractivity contribution >= 4 is 15.7 Å². The van der Waals surface area contributed by atoms with Gasteiger partial charge in [0.05, 0.1) is 24.6 Å². The molecular formula is C27H31FN2O3S. The molecule has 180 valence electrons. The van der Waals surface area contributed by atoms with Crippen molar-refractivity contribution in [1.29, 1.82) is 0 Å². The minimum absolute atomic E-state index is 0.163. The number of nitrogens with one attached hydrogen (secondary N) is 1. The van der Waals surface area contributed by atoms with Crippen LogP contribution in [0.15, 0.2) is 66.5 Å². The van der Waals surface area contributed by atoms with Crippen LogP contribution in [0.4, 0.5) is 10.1 Å². The zero-order chi connectivity index (χ0) is 24.4. The van der Waals surface area contributed by atoms with Crippen LogP contribution in [0, 0.1) is 12.3 Å². The first kappa shape index (κ1) is 24.5. The second kappa shape index (κ2) is 9.53. The number of anilines is 1. The molecule has 34 heavy (non-hydrogen) atoms. The number of terminal acetylenes is 1. The Morgan fingerprint density at radius 2 is 1.85 bits per heavy atom. The number of hydrogen-bond donors (Lipinski definition) is 2. The van der Waals surface area contributed by atoms with Crippen molar-refractivity contribution in [3.8, 4) is 12.3 Å². The molecule has 2 saturated heterocycles. The van der Waals surface area contributed by atoms with Crippen molar-refractivity contribution < 1.29 is 17.9 Å². The van der Waals surface area contributed by atoms with Gasteiger partial charge in [0.1, 0.15) is 0 Å². The van der Waals surface area contributed by atoms with Crippen LogP contribution in [-0.2, 0) is 23.0 Å². The molecule has 0 saturated carbocycles. The Hall–Kier alpha value is -2.66. The molecule has 1 unspecified atom stereocenters. The van der Waals surface area contributed by atoms with E-state index in [-0.39, 0.29) is 18.5 Å². The Bertz CT molecular complexity index is 1200. The third-order valence-corrected chi connectivity index (χ3v) is 8.36. The van der Waals surface area contributed by atoms with E-state index in [0.717, 1.165) is 43.2 Å². The van der Waals surface area contributed by atoms with Crippen molar-refractivity contribution in [1.82, 2.24) is 5.32 Å². The summed E-state index contributed by atoms with van der Waals surface area (Å²) in [5, 5.41) is 14.5. The third kappa shape index (κ3) is 5.20. The number of halogens is 1. The van der Waals surface area contributed by atoms with Gasteiger partial charge in [0.25, 0.3) is 0 Å². The molecule has 7 heteroatoms. The summed E-state index contributed by atoms with van der Waals surface area (Å²) in [6, 6.07) is 17.2. The van der Waals surface area contributed by atoms with Crippen LogP contribution in [-0.4, -0.2) is 37.0 Å². The Kier molecular flexibility index (Phi) is 6.86. The Morgan fingerprint density at radius 3 is 2.50 bits per heavy atom. The summed E-state index contributed by atoms with van der Waals surface area (Å²) in [6.07, 6.45) is 11.2. The lowest BCUT2D eigenvalue weighted by Gasteiger charge is -2.31. The number of allylic oxidation sites excluding steroid dienone is 1. The van der Waals surface area contributed by atoms with Gasteiger partial charge in [0, 0.05) is 11.1 Å². The SMILES string of the molecule is C#C/C(F)=C\CC(O)C12CCC(Cc3cccc(N(Cc4ccccc4)S(C)(=O)=O)c3)(CC1)N2. The zero-order valence-electron chi connectivity index (χ0n) is 19.4. The standard InChI is InChI=1S/C27H31FN2O3S/c1-3-23(28)12-13-25(31)27-16-14-26(29-27,15-17-27)19-22-10-7-11-24(18-22)30(34(2,32)33)20-21-8-5-4-6-9-21/h1,4-12,18,25,29,31H,13-17,19-20H2,2H3/b23-12+. The Labute approximate surface area is 201 Å². The summed E-state index contributed by atoms with van der Waals surface area (Å²) < 4.78 is 40.0. The number of hydrogen-bond acceptors (Lipinski definition) is 4. The van der Waals surface area contributed by atoms with Gasteiger partial charge in [-0.3, -0.25) is 4.31 Å². The first-order chi connectivity index (χ1) is 16.1. The van der Waals surface area contributed by atoms with Crippen molar-refractivity contribution in [3.05, 3.63) is 77.6 Å². The quantitative estimate of drug-likeness (QED) is 0.529. The van der Waals surface area contributed by atoms with Gasteiger partial charge in [-0.25, -0.2) is 8.42 Å². The Balaban J connectivity index is 1.51. The number of aliphatic hydroxyl groups excluding tert-OH is 1. The predicted molar refractivity (Wildman–Crippen MR) is 133 cm³/mol. The van der Waals surface area contributed by atoms with Gasteiger partial charge < -0.3 is 10.4 Å². The van der Waals surface area contributed by atoms with Gasteiger partial charge in [-0.05, 0) is 73.8 Å². The molecule has 2 bridgehead atoms. The summed E-state index contributed by atoms with van der Waals surface area (Å²) >= 11 is 0. The van der Waals surface area contributed by atoms with E-state index in [1.165, 1.54) is 16.6 Å². The van der Waals surface area contributed by atoms with E-state index in [0.29, 0.717) is 5.69 Å². The minimum Gasteiger partial charge on any atom is -0.391 e. The molecule has 4 rings (SSSR count). The summed E-state index contributed by atoms with van der Waals surface area (Å²) in [5.74, 6) is 1.30. The average Bonchev–Trinajstić information content (AvgIpc) is 3.38. The lowest BCUT2D eigenvalue weighted by atomic mass is 9.76. The number of aliphatic hydroxyl groups is 1. The van der Waals surface area contributed by atoms with Gasteiger partial charge in [-0.15, -0.1) is 6.42 Å². The van der Waals surface area contributed by atoms with E-state index in [1.807, 2.05) is 60.5 Å². The summed E-state index contributed by atoms with van der Waals surface area (Å²) in [5.41, 5.74) is 1.99. The van der Waals surface area contributed by atoms with Gasteiger partial charge in [-0.1, -0.05) is 42.5 Å². The second-order valence-electron chi connectivity index (χ2n) is 9.61. The van der Waals surface area contributed by atoms with E-state index in [2.05, 4.69) is 5.32 Å². The lowest BCUT2D eigenvalue weighted by molar-refractivity contribution is 0.0762. The maximum Gasteiger partial charge on any atom is 0.232 e. The van der Waals surface area contributed by atoms with Gasteiger partial charge in [0.2, 0.25) is 10.0 Å². The van der Waals surface area contributed by atoms with Crippen LogP contribution < -0.4 is 9.62 Å². The molecule has 2 heterocycles. The summed E-state index contributed by atoms with van der Waals surface area (Å²) in [4.78, 5) is 0. The first-order valence-electron chi connectivity index (χ1n) is 11.6. The molecule has 5 nitrogen and oxygen atoms in total. The van der Waals surface area contributed by atoms with E-state index in [4.69, 9.17) is 6.42 Å². The molecule has 0 radical (unpaired) electrons. The fourth-order valence-electron chi connectivity index (χ4n) is 5.45. The summed E-state index contributed by atoms with van der Waals surface area (Å²) in [7, 11) is -3.47. The maximum absolute atomic E-state index is 13.4. The normalized spacial score (nSPS) is 25.2. The van der Waals surface area contributed by atoms with E-state index in [9.17, 15) is 17.9 Å². The molecule has 0 aliphatic carbocycles. The van der Waals surface area contributed by atoms with Crippen LogP contribution in [0.1, 0.15) is 43.2 Å². The largest absolute Gasteiger partial charge is 0.391 e. The summed E-state index contributed by atoms with van der Waals surface area (Å²) in [6.45, 7) is 0.267. The molecule has 2 aliphatic heterocycles. The fourth-order valence-corrected chi connectivity index (χ4v) is 6.33. The van der Waals surface area contributed by atoms with E-state index < -0.39 is 27.5 Å². The van der Waals surface area contributed by atoms with Gasteiger partial charge >= 0.3 is 0 Å². The van der Waals surface area contributed by atoms with E-state index in [1.54, 1.807) is 0 Å². The number of rotatable bonds is 9. The minimum atomic E-state index is -3.47. The van der Waals surface area contributed by atoms with Crippen LogP contribution in [0.25, 0.3) is 0 Å². The van der Waals surface area contributed by atoms with Crippen molar-refractivity contribution in [2.24, 2.45) is 0 Å². The third-order valence-electron chi connectivity index (χ3n) is 7.22. The number of benzene rings is 2. The zero-order valence-corrected chi connectivity index (χ0v) is 20.2. The van der Waals surface area contributed by atoms with Gasteiger partial charge in [0.15, 0.2) is 5.83 Å². The van der Waals surface area contributed by atoms with Crippen molar-refractivity contribution in [3.63, 3.8) is 0 Å². The highest BCUT2D eigenvalue weighted by molar-refractivity contribution is 7.92. The monoisotopic (exact) mass is 482 g/mol. The highest BCUT2D eigenvalue weighted by atomic mass is 32.2. The molecule has 2 fully saturated rings. The number of sulfonamides is 1. The highest BCUT2D eigenvalue weighted by Gasteiger charge is 2.56. The lowest BCUT2D eigenvalue weighted by Crippen LogP contribution is -2.50. The molecule has 2 aliphatic rings.